The van der Waals surface area contributed by atoms with Gasteiger partial charge in [-0.05, 0) is 49.4 Å². The first-order chi connectivity index (χ1) is 15.9. The first-order valence-corrected chi connectivity index (χ1v) is 10.4. The normalized spacial score (nSPS) is 11.3. The molecule has 0 radical (unpaired) electrons. The van der Waals surface area contributed by atoms with Gasteiger partial charge in [-0.25, -0.2) is 9.36 Å². The molecule has 0 saturated heterocycles. The van der Waals surface area contributed by atoms with Gasteiger partial charge in [0.25, 0.3) is 0 Å². The zero-order valence-corrected chi connectivity index (χ0v) is 18.7. The number of aromatic nitrogens is 4. The van der Waals surface area contributed by atoms with Gasteiger partial charge in [0.1, 0.15) is 11.4 Å². The van der Waals surface area contributed by atoms with Gasteiger partial charge in [-0.3, -0.25) is 4.79 Å². The molecular weight excluding hydrogens is 440 g/mol. The van der Waals surface area contributed by atoms with Crippen molar-refractivity contribution in [2.24, 2.45) is 0 Å². The summed E-state index contributed by atoms with van der Waals surface area (Å²) in [5.74, 6) is 0.557. The van der Waals surface area contributed by atoms with Crippen LogP contribution in [0.15, 0.2) is 84.1 Å². The van der Waals surface area contributed by atoms with Gasteiger partial charge < -0.3 is 15.5 Å². The van der Waals surface area contributed by atoms with Crippen molar-refractivity contribution in [2.75, 3.05) is 12.4 Å². The third kappa shape index (κ3) is 5.02. The largest absolute Gasteiger partial charge is 0.494 e. The summed E-state index contributed by atoms with van der Waals surface area (Å²) in [4.78, 5) is 12.8. The van der Waals surface area contributed by atoms with E-state index < -0.39 is 0 Å². The number of nitrogens with one attached hydrogen (secondary N) is 2. The molecule has 33 heavy (non-hydrogen) atoms. The van der Waals surface area contributed by atoms with Crippen molar-refractivity contribution in [1.29, 1.82) is 5.41 Å². The van der Waals surface area contributed by atoms with Crippen LogP contribution in [0.2, 0.25) is 5.02 Å². The first kappa shape index (κ1) is 22.0. The molecule has 2 heterocycles. The third-order valence-corrected chi connectivity index (χ3v) is 4.94. The fourth-order valence-corrected chi connectivity index (χ4v) is 3.44. The molecule has 2 N–H and O–H groups in total. The smallest absolute Gasteiger partial charge is 0.209 e. The predicted octanol–water partition coefficient (Wildman–Crippen LogP) is 4.57. The molecule has 0 fully saturated rings. The highest BCUT2D eigenvalue weighted by atomic mass is 35.5. The van der Waals surface area contributed by atoms with E-state index >= 15 is 0 Å². The number of anilines is 1. The SMILES string of the molecule is COc1cc(-n2cccn2)ccc1-n1ccc(=O)c(/C(=C/C(C)=N)Nc2cccc(Cl)c2)n1. The zero-order valence-electron chi connectivity index (χ0n) is 18.0. The number of rotatable bonds is 7. The van der Waals surface area contributed by atoms with Gasteiger partial charge in [-0.1, -0.05) is 17.7 Å². The molecule has 4 aromatic rings. The molecule has 0 aliphatic heterocycles. The second-order valence-electron chi connectivity index (χ2n) is 7.16. The van der Waals surface area contributed by atoms with Crippen LogP contribution in [-0.2, 0) is 0 Å². The summed E-state index contributed by atoms with van der Waals surface area (Å²) >= 11 is 6.10. The van der Waals surface area contributed by atoms with E-state index in [4.69, 9.17) is 21.7 Å². The Balaban J connectivity index is 1.78. The molecule has 166 valence electrons. The molecule has 0 unspecified atom stereocenters. The van der Waals surface area contributed by atoms with E-state index in [1.165, 1.54) is 6.07 Å². The number of benzene rings is 2. The summed E-state index contributed by atoms with van der Waals surface area (Å²) in [6.07, 6.45) is 6.66. The molecular formula is C24H21ClN6O2. The van der Waals surface area contributed by atoms with E-state index in [2.05, 4.69) is 15.5 Å². The van der Waals surface area contributed by atoms with Gasteiger partial charge in [0.05, 0.1) is 18.5 Å². The van der Waals surface area contributed by atoms with E-state index in [1.807, 2.05) is 36.5 Å². The van der Waals surface area contributed by atoms with E-state index in [0.29, 0.717) is 27.8 Å². The lowest BCUT2D eigenvalue weighted by atomic mass is 10.2. The molecule has 2 aromatic carbocycles. The van der Waals surface area contributed by atoms with Crippen molar-refractivity contribution in [1.82, 2.24) is 19.6 Å². The Morgan fingerprint density at radius 3 is 2.67 bits per heavy atom. The Morgan fingerprint density at radius 2 is 1.97 bits per heavy atom. The molecule has 0 saturated carbocycles. The van der Waals surface area contributed by atoms with Crippen LogP contribution in [0, 0.1) is 5.41 Å². The molecule has 0 amide bonds. The number of nitrogens with zero attached hydrogens (tertiary/aromatic N) is 4. The summed E-state index contributed by atoms with van der Waals surface area (Å²) in [5.41, 5.74) is 2.65. The molecule has 0 aliphatic carbocycles. The lowest BCUT2D eigenvalue weighted by molar-refractivity contribution is 0.411. The fourth-order valence-electron chi connectivity index (χ4n) is 3.25. The fraction of sp³-hybridized carbons (Fsp3) is 0.0833. The minimum absolute atomic E-state index is 0.155. The summed E-state index contributed by atoms with van der Waals surface area (Å²) in [7, 11) is 1.57. The molecule has 0 atom stereocenters. The first-order valence-electron chi connectivity index (χ1n) is 10.0. The van der Waals surface area contributed by atoms with Crippen molar-refractivity contribution in [3.63, 3.8) is 0 Å². The molecule has 0 aliphatic rings. The topological polar surface area (TPSA) is 97.8 Å². The Bertz CT molecular complexity index is 1390. The van der Waals surface area contributed by atoms with Crippen molar-refractivity contribution >= 4 is 28.7 Å². The van der Waals surface area contributed by atoms with Crippen LogP contribution in [0.5, 0.6) is 5.75 Å². The van der Waals surface area contributed by atoms with Gasteiger partial charge in [0.2, 0.25) is 5.43 Å². The molecule has 0 bridgehead atoms. The monoisotopic (exact) mass is 460 g/mol. The van der Waals surface area contributed by atoms with E-state index in [-0.39, 0.29) is 16.8 Å². The minimum Gasteiger partial charge on any atom is -0.494 e. The summed E-state index contributed by atoms with van der Waals surface area (Å²) in [5, 5.41) is 20.4. The number of halogens is 1. The van der Waals surface area contributed by atoms with Gasteiger partial charge in [0.15, 0.2) is 5.69 Å². The van der Waals surface area contributed by atoms with Crippen LogP contribution in [0.25, 0.3) is 17.1 Å². The van der Waals surface area contributed by atoms with Crippen LogP contribution in [0.3, 0.4) is 0 Å². The Morgan fingerprint density at radius 1 is 1.12 bits per heavy atom. The molecule has 8 nitrogen and oxygen atoms in total. The average molecular weight is 461 g/mol. The second kappa shape index (κ2) is 9.54. The highest BCUT2D eigenvalue weighted by Crippen LogP contribution is 2.26. The van der Waals surface area contributed by atoms with Crippen LogP contribution in [0.4, 0.5) is 5.69 Å². The number of methoxy groups -OCH3 is 1. The van der Waals surface area contributed by atoms with Crippen LogP contribution in [0.1, 0.15) is 12.6 Å². The maximum atomic E-state index is 12.8. The Kier molecular flexibility index (Phi) is 6.37. The third-order valence-electron chi connectivity index (χ3n) is 4.71. The van der Waals surface area contributed by atoms with Crippen molar-refractivity contribution in [2.45, 2.75) is 6.92 Å². The number of ether oxygens (including phenoxy) is 1. The Hall–Kier alpha value is -4.17. The number of hydrogen-bond donors (Lipinski definition) is 2. The number of allylic oxidation sites excluding steroid dienone is 1. The van der Waals surface area contributed by atoms with Crippen molar-refractivity contribution in [3.05, 3.63) is 100 Å². The maximum absolute atomic E-state index is 12.8. The minimum atomic E-state index is -0.291. The van der Waals surface area contributed by atoms with Gasteiger partial charge in [-0.15, -0.1) is 0 Å². The second-order valence-corrected chi connectivity index (χ2v) is 7.59. The summed E-state index contributed by atoms with van der Waals surface area (Å²) in [6.45, 7) is 1.62. The van der Waals surface area contributed by atoms with Gasteiger partial charge >= 0.3 is 0 Å². The lowest BCUT2D eigenvalue weighted by Crippen LogP contribution is -2.19. The van der Waals surface area contributed by atoms with E-state index in [9.17, 15) is 4.79 Å². The highest BCUT2D eigenvalue weighted by Gasteiger charge is 2.14. The zero-order chi connectivity index (χ0) is 23.4. The Labute approximate surface area is 195 Å². The van der Waals surface area contributed by atoms with E-state index in [1.54, 1.807) is 60.1 Å². The molecule has 0 spiro atoms. The summed E-state index contributed by atoms with van der Waals surface area (Å²) in [6, 6.07) is 15.9. The maximum Gasteiger partial charge on any atom is 0.209 e. The van der Waals surface area contributed by atoms with Crippen LogP contribution in [-0.4, -0.2) is 32.4 Å². The number of hydrogen-bond acceptors (Lipinski definition) is 6. The molecule has 2 aromatic heterocycles. The van der Waals surface area contributed by atoms with Crippen LogP contribution >= 0.6 is 11.6 Å². The van der Waals surface area contributed by atoms with Gasteiger partial charge in [0, 0.05) is 47.1 Å². The van der Waals surface area contributed by atoms with Gasteiger partial charge in [-0.2, -0.15) is 10.2 Å². The highest BCUT2D eigenvalue weighted by molar-refractivity contribution is 6.30. The molecule has 4 rings (SSSR count). The van der Waals surface area contributed by atoms with Crippen molar-refractivity contribution < 1.29 is 4.74 Å². The standard InChI is InChI=1S/C24H21ClN6O2/c1-16(26)13-20(28-18-6-3-5-17(25)14-18)24-22(32)9-12-31(29-24)21-8-7-19(15-23(21)33-2)30-11-4-10-27-30/h3-15,26,28H,1-2H3/b20-13-,26-16?. The van der Waals surface area contributed by atoms with Crippen LogP contribution < -0.4 is 15.5 Å². The molecule has 9 heteroatoms. The predicted molar refractivity (Wildman–Crippen MR) is 130 cm³/mol. The van der Waals surface area contributed by atoms with Crippen molar-refractivity contribution in [3.8, 4) is 17.1 Å². The average Bonchev–Trinajstić information content (AvgIpc) is 3.33. The quantitative estimate of drug-likeness (QED) is 0.393. The summed E-state index contributed by atoms with van der Waals surface area (Å²) < 4.78 is 8.87. The lowest BCUT2D eigenvalue weighted by Gasteiger charge is -2.15. The van der Waals surface area contributed by atoms with E-state index in [0.717, 1.165) is 5.69 Å².